The summed E-state index contributed by atoms with van der Waals surface area (Å²) in [6.07, 6.45) is 0. The molecule has 2 aromatic rings. The van der Waals surface area contributed by atoms with Crippen LogP contribution >= 0.6 is 12.2 Å². The van der Waals surface area contributed by atoms with E-state index in [9.17, 15) is 0 Å². The van der Waals surface area contributed by atoms with Gasteiger partial charge in [0.25, 0.3) is 0 Å². The van der Waals surface area contributed by atoms with Crippen LogP contribution in [0.1, 0.15) is 6.92 Å². The molecule has 0 amide bonds. The molecule has 84 valence electrons. The normalized spacial score (nSPS) is 10.4. The molecule has 1 N–H and O–H groups in total. The van der Waals surface area contributed by atoms with Crippen LogP contribution in [0.15, 0.2) is 24.3 Å². The lowest BCUT2D eigenvalue weighted by atomic mass is 10.2. The maximum atomic E-state index is 5.44. The fourth-order valence-electron chi connectivity index (χ4n) is 1.50. The fourth-order valence-corrected chi connectivity index (χ4v) is 1.63. The number of aromatic nitrogens is 3. The van der Waals surface area contributed by atoms with Gasteiger partial charge in [-0.15, -0.1) is 0 Å². The maximum absolute atomic E-state index is 5.44. The molecule has 2 rings (SSSR count). The summed E-state index contributed by atoms with van der Waals surface area (Å²) >= 11 is 5.07. The highest BCUT2D eigenvalue weighted by Gasteiger charge is 2.06. The minimum atomic E-state index is 0.608. The molecule has 0 saturated heterocycles. The van der Waals surface area contributed by atoms with Crippen molar-refractivity contribution in [2.75, 3.05) is 6.61 Å². The maximum Gasteiger partial charge on any atom is 0.195 e. The van der Waals surface area contributed by atoms with Gasteiger partial charge in [0.05, 0.1) is 6.61 Å². The second-order valence-corrected chi connectivity index (χ2v) is 3.76. The standard InChI is InChI=1S/C11H13N3OS/c1-3-15-9-6-4-5-8(7-9)10-12-13-11(16)14(10)2/h4-7H,3H2,1-2H3,(H,13,16). The molecule has 0 saturated carbocycles. The van der Waals surface area contributed by atoms with Crippen LogP contribution in [0.3, 0.4) is 0 Å². The Hall–Kier alpha value is -1.62. The van der Waals surface area contributed by atoms with Gasteiger partial charge in [0.1, 0.15) is 5.75 Å². The Bertz CT molecular complexity index is 544. The van der Waals surface area contributed by atoms with Crippen molar-refractivity contribution >= 4 is 12.2 Å². The summed E-state index contributed by atoms with van der Waals surface area (Å²) in [4.78, 5) is 0. The van der Waals surface area contributed by atoms with Crippen LogP contribution in [0, 0.1) is 4.77 Å². The first-order valence-electron chi connectivity index (χ1n) is 5.07. The molecule has 0 bridgehead atoms. The smallest absolute Gasteiger partial charge is 0.195 e. The number of H-pyrrole nitrogens is 1. The van der Waals surface area contributed by atoms with E-state index < -0.39 is 0 Å². The van der Waals surface area contributed by atoms with Gasteiger partial charge < -0.3 is 9.30 Å². The molecular weight excluding hydrogens is 222 g/mol. The average Bonchev–Trinajstić information content (AvgIpc) is 2.61. The van der Waals surface area contributed by atoms with Crippen molar-refractivity contribution in [2.45, 2.75) is 6.92 Å². The Morgan fingerprint density at radius 2 is 2.31 bits per heavy atom. The summed E-state index contributed by atoms with van der Waals surface area (Å²) in [5.74, 6) is 1.65. The summed E-state index contributed by atoms with van der Waals surface area (Å²) in [5.41, 5.74) is 0.987. The van der Waals surface area contributed by atoms with Crippen LogP contribution in [-0.4, -0.2) is 21.4 Å². The highest BCUT2D eigenvalue weighted by molar-refractivity contribution is 7.71. The zero-order chi connectivity index (χ0) is 11.5. The lowest BCUT2D eigenvalue weighted by molar-refractivity contribution is 0.340. The number of benzene rings is 1. The van der Waals surface area contributed by atoms with E-state index in [4.69, 9.17) is 17.0 Å². The summed E-state index contributed by atoms with van der Waals surface area (Å²) in [5, 5.41) is 6.94. The summed E-state index contributed by atoms with van der Waals surface area (Å²) in [6, 6.07) is 7.80. The third kappa shape index (κ3) is 1.99. The molecule has 0 unspecified atom stereocenters. The number of rotatable bonds is 3. The molecule has 0 aliphatic rings. The van der Waals surface area contributed by atoms with E-state index in [1.165, 1.54) is 0 Å². The number of aromatic amines is 1. The summed E-state index contributed by atoms with van der Waals surface area (Å²) < 4.78 is 7.88. The van der Waals surface area contributed by atoms with Crippen molar-refractivity contribution in [3.63, 3.8) is 0 Å². The zero-order valence-corrected chi connectivity index (χ0v) is 10.0. The van der Waals surface area contributed by atoms with Crippen molar-refractivity contribution in [1.29, 1.82) is 0 Å². The lowest BCUT2D eigenvalue weighted by Gasteiger charge is -2.05. The van der Waals surface area contributed by atoms with Gasteiger partial charge in [0, 0.05) is 12.6 Å². The van der Waals surface area contributed by atoms with Gasteiger partial charge in [-0.1, -0.05) is 12.1 Å². The first kappa shape index (κ1) is 10.9. The summed E-state index contributed by atoms with van der Waals surface area (Å²) in [6.45, 7) is 2.62. The predicted octanol–water partition coefficient (Wildman–Crippen LogP) is 2.54. The fraction of sp³-hybridized carbons (Fsp3) is 0.273. The quantitative estimate of drug-likeness (QED) is 0.831. The highest BCUT2D eigenvalue weighted by atomic mass is 32.1. The van der Waals surface area contributed by atoms with E-state index in [1.807, 2.05) is 42.8 Å². The van der Waals surface area contributed by atoms with Crippen molar-refractivity contribution in [3.05, 3.63) is 29.0 Å². The van der Waals surface area contributed by atoms with Gasteiger partial charge in [0.15, 0.2) is 10.6 Å². The second kappa shape index (κ2) is 4.49. The third-order valence-corrected chi connectivity index (χ3v) is 2.65. The van der Waals surface area contributed by atoms with E-state index in [0.29, 0.717) is 11.4 Å². The van der Waals surface area contributed by atoms with Crippen molar-refractivity contribution in [2.24, 2.45) is 7.05 Å². The molecule has 16 heavy (non-hydrogen) atoms. The Labute approximate surface area is 98.9 Å². The number of nitrogens with zero attached hydrogens (tertiary/aromatic N) is 2. The molecule has 0 aliphatic heterocycles. The topological polar surface area (TPSA) is 42.8 Å². The number of hydrogen-bond acceptors (Lipinski definition) is 3. The second-order valence-electron chi connectivity index (χ2n) is 3.37. The van der Waals surface area contributed by atoms with E-state index in [0.717, 1.165) is 17.1 Å². The number of ether oxygens (including phenoxy) is 1. The molecule has 1 heterocycles. The van der Waals surface area contributed by atoms with Gasteiger partial charge in [-0.3, -0.25) is 5.10 Å². The van der Waals surface area contributed by atoms with E-state index in [1.54, 1.807) is 0 Å². The van der Waals surface area contributed by atoms with Gasteiger partial charge in [-0.25, -0.2) is 0 Å². The molecule has 1 aromatic carbocycles. The third-order valence-electron chi connectivity index (χ3n) is 2.28. The Morgan fingerprint density at radius 1 is 1.50 bits per heavy atom. The molecule has 5 heteroatoms. The number of hydrogen-bond donors (Lipinski definition) is 1. The van der Waals surface area contributed by atoms with Crippen LogP contribution in [0.2, 0.25) is 0 Å². The molecule has 0 spiro atoms. The Kier molecular flexibility index (Phi) is 3.05. The minimum absolute atomic E-state index is 0.608. The van der Waals surface area contributed by atoms with Crippen LogP contribution in [0.5, 0.6) is 5.75 Å². The highest BCUT2D eigenvalue weighted by Crippen LogP contribution is 2.21. The minimum Gasteiger partial charge on any atom is -0.494 e. The van der Waals surface area contributed by atoms with Gasteiger partial charge in [-0.05, 0) is 31.3 Å². The largest absolute Gasteiger partial charge is 0.494 e. The molecule has 0 fully saturated rings. The predicted molar refractivity (Wildman–Crippen MR) is 65.0 cm³/mol. The van der Waals surface area contributed by atoms with Crippen molar-refractivity contribution in [1.82, 2.24) is 14.8 Å². The van der Waals surface area contributed by atoms with E-state index in [-0.39, 0.29) is 0 Å². The van der Waals surface area contributed by atoms with E-state index in [2.05, 4.69) is 10.2 Å². The van der Waals surface area contributed by atoms with Crippen LogP contribution in [-0.2, 0) is 7.05 Å². The molecule has 1 aromatic heterocycles. The molecule has 0 radical (unpaired) electrons. The Balaban J connectivity index is 2.44. The number of nitrogens with one attached hydrogen (secondary N) is 1. The van der Waals surface area contributed by atoms with E-state index >= 15 is 0 Å². The Morgan fingerprint density at radius 3 is 2.94 bits per heavy atom. The van der Waals surface area contributed by atoms with Gasteiger partial charge in [-0.2, -0.15) is 5.10 Å². The molecule has 4 nitrogen and oxygen atoms in total. The monoisotopic (exact) mass is 235 g/mol. The summed E-state index contributed by atoms with van der Waals surface area (Å²) in [7, 11) is 1.88. The molecular formula is C11H13N3OS. The average molecular weight is 235 g/mol. The molecule has 0 aliphatic carbocycles. The van der Waals surface area contributed by atoms with Gasteiger partial charge in [0.2, 0.25) is 0 Å². The van der Waals surface area contributed by atoms with Crippen LogP contribution in [0.25, 0.3) is 11.4 Å². The van der Waals surface area contributed by atoms with Crippen LogP contribution in [0.4, 0.5) is 0 Å². The SMILES string of the molecule is CCOc1cccc(-c2n[nH]c(=S)n2C)c1. The first-order chi connectivity index (χ1) is 7.72. The zero-order valence-electron chi connectivity index (χ0n) is 9.23. The first-order valence-corrected chi connectivity index (χ1v) is 5.48. The molecule has 0 atom stereocenters. The van der Waals surface area contributed by atoms with Crippen LogP contribution < -0.4 is 4.74 Å². The van der Waals surface area contributed by atoms with Gasteiger partial charge >= 0.3 is 0 Å². The van der Waals surface area contributed by atoms with Crippen molar-refractivity contribution in [3.8, 4) is 17.1 Å². The van der Waals surface area contributed by atoms with Crippen molar-refractivity contribution < 1.29 is 4.74 Å². The lowest BCUT2D eigenvalue weighted by Crippen LogP contribution is -1.94.